The maximum absolute atomic E-state index is 11.9. The third-order valence-electron chi connectivity index (χ3n) is 6.01. The summed E-state index contributed by atoms with van der Waals surface area (Å²) in [5.74, 6) is 0. The van der Waals surface area contributed by atoms with E-state index in [1.165, 1.54) is 34.9 Å². The molecule has 0 saturated carbocycles. The van der Waals surface area contributed by atoms with Crippen LogP contribution in [0.15, 0.2) is 38.5 Å². The molecule has 27 heavy (non-hydrogen) atoms. The first kappa shape index (κ1) is 20.4. The molecule has 7 heteroatoms. The lowest BCUT2D eigenvalue weighted by Crippen LogP contribution is -2.33. The molecule has 1 spiro atoms. The third kappa shape index (κ3) is 3.93. The predicted molar refractivity (Wildman–Crippen MR) is 113 cm³/mol. The van der Waals surface area contributed by atoms with Crippen molar-refractivity contribution in [1.82, 2.24) is 14.5 Å². The summed E-state index contributed by atoms with van der Waals surface area (Å²) in [7, 11) is 0. The van der Waals surface area contributed by atoms with E-state index < -0.39 is 0 Å². The molecule has 1 atom stereocenters. The van der Waals surface area contributed by atoms with Gasteiger partial charge in [0.2, 0.25) is 0 Å². The number of rotatable bonds is 4. The lowest BCUT2D eigenvalue weighted by Gasteiger charge is -2.25. The van der Waals surface area contributed by atoms with Gasteiger partial charge in [0, 0.05) is 34.7 Å². The summed E-state index contributed by atoms with van der Waals surface area (Å²) in [5.41, 5.74) is 3.33. The topological polar surface area (TPSA) is 58.1 Å². The summed E-state index contributed by atoms with van der Waals surface area (Å²) in [6.45, 7) is 5.59. The lowest BCUT2D eigenvalue weighted by atomic mass is 9.81. The zero-order chi connectivity index (χ0) is 18.3. The Morgan fingerprint density at radius 3 is 2.85 bits per heavy atom. The Morgan fingerprint density at radius 1 is 1.22 bits per heavy atom. The van der Waals surface area contributed by atoms with E-state index in [1.807, 2.05) is 0 Å². The molecule has 2 aromatic rings. The van der Waals surface area contributed by atoms with E-state index in [2.05, 4.69) is 44.0 Å². The van der Waals surface area contributed by atoms with Crippen LogP contribution in [-0.2, 0) is 18.4 Å². The molecular weight excluding hydrogens is 430 g/mol. The molecule has 0 radical (unpaired) electrons. The lowest BCUT2D eigenvalue weighted by molar-refractivity contribution is 0.298. The van der Waals surface area contributed by atoms with Crippen LogP contribution in [0.5, 0.6) is 0 Å². The molecule has 1 aromatic carbocycles. The van der Waals surface area contributed by atoms with Gasteiger partial charge < -0.3 is 9.47 Å². The number of H-pyrrole nitrogens is 1. The fourth-order valence-electron chi connectivity index (χ4n) is 4.62. The first-order valence-electron chi connectivity index (χ1n) is 9.28. The molecule has 2 heterocycles. The van der Waals surface area contributed by atoms with Crippen LogP contribution in [0.3, 0.4) is 0 Å². The summed E-state index contributed by atoms with van der Waals surface area (Å²) in [5, 5.41) is 0. The van der Waals surface area contributed by atoms with E-state index in [4.69, 9.17) is 0 Å². The Labute approximate surface area is 173 Å². The summed E-state index contributed by atoms with van der Waals surface area (Å²) < 4.78 is 2.79. The number of aromatic amines is 1. The Hall–Kier alpha value is -1.37. The molecule has 5 nitrogen and oxygen atoms in total. The highest BCUT2D eigenvalue weighted by atomic mass is 79.9. The van der Waals surface area contributed by atoms with Crippen LogP contribution >= 0.6 is 28.3 Å². The quantitative estimate of drug-likeness (QED) is 0.772. The number of likely N-dealkylation sites (tertiary alicyclic amines) is 1. The number of nitrogens with one attached hydrogen (secondary N) is 1. The van der Waals surface area contributed by atoms with E-state index in [9.17, 15) is 9.59 Å². The highest BCUT2D eigenvalue weighted by Gasteiger charge is 2.43. The van der Waals surface area contributed by atoms with Crippen molar-refractivity contribution in [3.63, 3.8) is 0 Å². The second-order valence-electron chi connectivity index (χ2n) is 7.73. The van der Waals surface area contributed by atoms with Gasteiger partial charge in [0.05, 0.1) is 0 Å². The molecule has 4 rings (SSSR count). The van der Waals surface area contributed by atoms with Gasteiger partial charge >= 0.3 is 5.69 Å². The smallest absolute Gasteiger partial charge is 0.302 e. The molecule has 1 fully saturated rings. The summed E-state index contributed by atoms with van der Waals surface area (Å²) in [6.07, 6.45) is 6.22. The minimum atomic E-state index is -0.311. The molecule has 0 bridgehead atoms. The third-order valence-corrected chi connectivity index (χ3v) is 6.50. The zero-order valence-electron chi connectivity index (χ0n) is 15.5. The van der Waals surface area contributed by atoms with Crippen LogP contribution in [0.4, 0.5) is 0 Å². The van der Waals surface area contributed by atoms with Gasteiger partial charge in [-0.3, -0.25) is 9.78 Å². The van der Waals surface area contributed by atoms with Crippen molar-refractivity contribution in [2.24, 2.45) is 0 Å². The SMILES string of the molecule is Cc1cn(CCCN2CCC3(CCc4cc(Br)ccc43)C2)c(=O)[nH]c1=O.Cl. The zero-order valence-corrected chi connectivity index (χ0v) is 17.9. The van der Waals surface area contributed by atoms with Gasteiger partial charge in [-0.1, -0.05) is 22.0 Å². The van der Waals surface area contributed by atoms with Crippen molar-refractivity contribution < 1.29 is 0 Å². The van der Waals surface area contributed by atoms with Crippen LogP contribution in [-0.4, -0.2) is 34.1 Å². The van der Waals surface area contributed by atoms with Crippen LogP contribution in [0.25, 0.3) is 0 Å². The van der Waals surface area contributed by atoms with Gasteiger partial charge in [0.15, 0.2) is 0 Å². The Kier molecular flexibility index (Phi) is 5.99. The molecule has 1 unspecified atom stereocenters. The van der Waals surface area contributed by atoms with Crippen molar-refractivity contribution in [2.75, 3.05) is 19.6 Å². The first-order chi connectivity index (χ1) is 12.5. The normalized spacial score (nSPS) is 21.4. The number of hydrogen-bond donors (Lipinski definition) is 1. The van der Waals surface area contributed by atoms with Crippen LogP contribution in [0, 0.1) is 6.92 Å². The molecule has 146 valence electrons. The standard InChI is InChI=1S/C20H24BrN3O2.ClH/c1-14-12-24(19(26)22-18(14)25)9-2-8-23-10-7-20(13-23)6-5-15-11-16(21)3-4-17(15)20;/h3-4,11-12H,2,5-10,13H2,1H3,(H,22,25,26);1H. The monoisotopic (exact) mass is 453 g/mol. The number of hydrogen-bond acceptors (Lipinski definition) is 3. The molecule has 1 N–H and O–H groups in total. The molecule has 1 aliphatic heterocycles. The van der Waals surface area contributed by atoms with E-state index in [0.29, 0.717) is 17.5 Å². The van der Waals surface area contributed by atoms with Crippen LogP contribution < -0.4 is 11.2 Å². The van der Waals surface area contributed by atoms with E-state index in [0.717, 1.165) is 26.1 Å². The second-order valence-corrected chi connectivity index (χ2v) is 8.64. The van der Waals surface area contributed by atoms with Crippen molar-refractivity contribution in [3.05, 3.63) is 66.4 Å². The van der Waals surface area contributed by atoms with Crippen LogP contribution in [0.1, 0.15) is 36.0 Å². The Balaban J connectivity index is 0.00000210. The van der Waals surface area contributed by atoms with Crippen molar-refractivity contribution in [1.29, 1.82) is 0 Å². The molecule has 1 saturated heterocycles. The summed E-state index contributed by atoms with van der Waals surface area (Å²) in [4.78, 5) is 28.2. The fourth-order valence-corrected chi connectivity index (χ4v) is 5.03. The van der Waals surface area contributed by atoms with Gasteiger partial charge in [-0.25, -0.2) is 4.79 Å². The molecule has 0 amide bonds. The molecular formula is C20H25BrClN3O2. The number of aryl methyl sites for hydroxylation is 3. The largest absolute Gasteiger partial charge is 0.328 e. The first-order valence-corrected chi connectivity index (χ1v) is 10.1. The fraction of sp³-hybridized carbons (Fsp3) is 0.500. The Bertz CT molecular complexity index is 955. The van der Waals surface area contributed by atoms with Gasteiger partial charge in [0.1, 0.15) is 0 Å². The van der Waals surface area contributed by atoms with E-state index in [1.54, 1.807) is 17.7 Å². The van der Waals surface area contributed by atoms with Crippen molar-refractivity contribution in [2.45, 2.75) is 44.6 Å². The summed E-state index contributed by atoms with van der Waals surface area (Å²) in [6, 6.07) is 6.75. The van der Waals surface area contributed by atoms with Gasteiger partial charge in [0.25, 0.3) is 5.56 Å². The van der Waals surface area contributed by atoms with Gasteiger partial charge in [-0.15, -0.1) is 12.4 Å². The predicted octanol–water partition coefficient (Wildman–Crippen LogP) is 3.01. The molecule has 2 aliphatic rings. The number of fused-ring (bicyclic) bond motifs is 2. The van der Waals surface area contributed by atoms with E-state index >= 15 is 0 Å². The maximum atomic E-state index is 11.9. The minimum absolute atomic E-state index is 0. The number of nitrogens with zero attached hydrogens (tertiary/aromatic N) is 2. The van der Waals surface area contributed by atoms with E-state index in [-0.39, 0.29) is 23.7 Å². The minimum Gasteiger partial charge on any atom is -0.302 e. The van der Waals surface area contributed by atoms with Gasteiger partial charge in [-0.2, -0.15) is 0 Å². The second kappa shape index (κ2) is 7.94. The number of aromatic nitrogens is 2. The van der Waals surface area contributed by atoms with Gasteiger partial charge in [-0.05, 0) is 69.0 Å². The summed E-state index contributed by atoms with van der Waals surface area (Å²) >= 11 is 3.59. The van der Waals surface area contributed by atoms with Crippen molar-refractivity contribution in [3.8, 4) is 0 Å². The van der Waals surface area contributed by atoms with Crippen molar-refractivity contribution >= 4 is 28.3 Å². The highest BCUT2D eigenvalue weighted by molar-refractivity contribution is 9.10. The average molecular weight is 455 g/mol. The maximum Gasteiger partial charge on any atom is 0.328 e. The number of benzene rings is 1. The molecule has 1 aliphatic carbocycles. The highest BCUT2D eigenvalue weighted by Crippen LogP contribution is 2.46. The molecule has 1 aromatic heterocycles. The average Bonchev–Trinajstić information content (AvgIpc) is 3.17. The number of halogens is 2. The van der Waals surface area contributed by atoms with Crippen LogP contribution in [0.2, 0.25) is 0 Å². The Morgan fingerprint density at radius 2 is 2.04 bits per heavy atom.